The van der Waals surface area contributed by atoms with E-state index in [0.717, 1.165) is 54.0 Å². The van der Waals surface area contributed by atoms with Crippen LogP contribution in [0.5, 0.6) is 5.75 Å². The van der Waals surface area contributed by atoms with E-state index in [1.54, 1.807) is 4.90 Å². The second-order valence-corrected chi connectivity index (χ2v) is 9.48. The van der Waals surface area contributed by atoms with Gasteiger partial charge in [-0.3, -0.25) is 4.79 Å². The van der Waals surface area contributed by atoms with Crippen LogP contribution >= 0.6 is 0 Å². The van der Waals surface area contributed by atoms with Gasteiger partial charge in [0.2, 0.25) is 0 Å². The number of para-hydroxylation sites is 1. The molecular formula is C28H27FN4O2. The van der Waals surface area contributed by atoms with Crippen molar-refractivity contribution in [3.8, 4) is 5.75 Å². The van der Waals surface area contributed by atoms with E-state index in [0.29, 0.717) is 17.7 Å². The first-order valence-corrected chi connectivity index (χ1v) is 11.9. The van der Waals surface area contributed by atoms with E-state index in [2.05, 4.69) is 27.9 Å². The van der Waals surface area contributed by atoms with Crippen molar-refractivity contribution in [1.29, 1.82) is 0 Å². The number of anilines is 1. The Balaban J connectivity index is 1.41. The molecule has 6 nitrogen and oxygen atoms in total. The van der Waals surface area contributed by atoms with E-state index < -0.39 is 11.9 Å². The Morgan fingerprint density at radius 1 is 0.971 bits per heavy atom. The zero-order valence-corrected chi connectivity index (χ0v) is 19.5. The van der Waals surface area contributed by atoms with Gasteiger partial charge in [-0.1, -0.05) is 24.3 Å². The van der Waals surface area contributed by atoms with Crippen LogP contribution in [-0.2, 0) is 6.54 Å². The second kappa shape index (κ2) is 8.43. The van der Waals surface area contributed by atoms with Crippen LogP contribution in [0.15, 0.2) is 66.7 Å². The number of rotatable bonds is 4. The maximum Gasteiger partial charge on any atom is 0.255 e. The minimum Gasteiger partial charge on any atom is -0.508 e. The summed E-state index contributed by atoms with van der Waals surface area (Å²) in [5.74, 6) is -0.624. The van der Waals surface area contributed by atoms with Crippen molar-refractivity contribution in [3.05, 3.63) is 94.9 Å². The predicted octanol–water partition coefficient (Wildman–Crippen LogP) is 4.51. The van der Waals surface area contributed by atoms with Gasteiger partial charge < -0.3 is 24.8 Å². The molecule has 0 radical (unpaired) electrons. The molecule has 35 heavy (non-hydrogen) atoms. The highest BCUT2D eigenvalue weighted by molar-refractivity contribution is 6.00. The van der Waals surface area contributed by atoms with Crippen LogP contribution in [0.3, 0.4) is 0 Å². The number of aromatic hydroxyl groups is 1. The van der Waals surface area contributed by atoms with E-state index in [4.69, 9.17) is 0 Å². The lowest BCUT2D eigenvalue weighted by Gasteiger charge is -2.34. The molecule has 0 bridgehead atoms. The number of benzene rings is 3. The number of carbonyl (C=O) groups is 1. The van der Waals surface area contributed by atoms with Crippen molar-refractivity contribution < 1.29 is 14.3 Å². The van der Waals surface area contributed by atoms with Crippen molar-refractivity contribution in [1.82, 2.24) is 14.8 Å². The normalized spacial score (nSPS) is 17.3. The van der Waals surface area contributed by atoms with E-state index in [1.165, 1.54) is 18.2 Å². The minimum absolute atomic E-state index is 0.0445. The number of halogens is 1. The molecule has 7 heteroatoms. The van der Waals surface area contributed by atoms with Crippen LogP contribution in [-0.4, -0.2) is 59.0 Å². The molecule has 1 unspecified atom stereocenters. The number of phenols is 1. The first kappa shape index (κ1) is 21.7. The summed E-state index contributed by atoms with van der Waals surface area (Å²) in [6.07, 6.45) is 0. The van der Waals surface area contributed by atoms with E-state index in [1.807, 2.05) is 42.5 Å². The summed E-state index contributed by atoms with van der Waals surface area (Å²) >= 11 is 0. The third kappa shape index (κ3) is 3.82. The molecule has 0 saturated carbocycles. The number of nitrogens with zero attached hydrogens (tertiary/aromatic N) is 3. The van der Waals surface area contributed by atoms with Gasteiger partial charge in [-0.05, 0) is 60.5 Å². The van der Waals surface area contributed by atoms with Crippen LogP contribution in [0.1, 0.15) is 33.2 Å². The Bertz CT molecular complexity index is 1390. The van der Waals surface area contributed by atoms with Gasteiger partial charge in [-0.2, -0.15) is 0 Å². The standard InChI is InChI=1S/C28H27FN4O2/c1-31-10-12-32(13-11-31)21-8-6-19-17-33(28(35)22(19)16-21)27(23-15-20(29)7-9-26(23)34)25-14-18-4-2-3-5-24(18)30-25/h2-9,14-16,27,30,34H,10-13,17H2,1H3. The van der Waals surface area contributed by atoms with Crippen LogP contribution in [0, 0.1) is 5.82 Å². The maximum atomic E-state index is 14.3. The molecule has 1 amide bonds. The van der Waals surface area contributed by atoms with Crippen LogP contribution in [0.2, 0.25) is 0 Å². The Morgan fingerprint density at radius 2 is 1.77 bits per heavy atom. The smallest absolute Gasteiger partial charge is 0.255 e. The van der Waals surface area contributed by atoms with E-state index in [9.17, 15) is 14.3 Å². The third-order valence-corrected chi connectivity index (χ3v) is 7.24. The number of amides is 1. The van der Waals surface area contributed by atoms with Gasteiger partial charge in [-0.15, -0.1) is 0 Å². The van der Waals surface area contributed by atoms with Crippen molar-refractivity contribution >= 4 is 22.5 Å². The second-order valence-electron chi connectivity index (χ2n) is 9.48. The summed E-state index contributed by atoms with van der Waals surface area (Å²) in [5.41, 5.74) is 4.65. The molecular weight excluding hydrogens is 443 g/mol. The summed E-state index contributed by atoms with van der Waals surface area (Å²) in [5, 5.41) is 11.7. The first-order chi connectivity index (χ1) is 17.0. The summed E-state index contributed by atoms with van der Waals surface area (Å²) in [6, 6.07) is 19.1. The molecule has 2 aliphatic rings. The molecule has 3 heterocycles. The molecule has 1 aromatic heterocycles. The monoisotopic (exact) mass is 470 g/mol. The number of fused-ring (bicyclic) bond motifs is 2. The van der Waals surface area contributed by atoms with Gasteiger partial charge in [0.05, 0.1) is 0 Å². The molecule has 2 N–H and O–H groups in total. The highest BCUT2D eigenvalue weighted by Gasteiger charge is 2.37. The first-order valence-electron chi connectivity index (χ1n) is 11.9. The highest BCUT2D eigenvalue weighted by Crippen LogP contribution is 2.40. The number of hydrogen-bond acceptors (Lipinski definition) is 4. The number of nitrogens with one attached hydrogen (secondary N) is 1. The molecule has 1 saturated heterocycles. The number of hydrogen-bond donors (Lipinski definition) is 2. The van der Waals surface area contributed by atoms with Gasteiger partial charge >= 0.3 is 0 Å². The Hall–Kier alpha value is -3.84. The van der Waals surface area contributed by atoms with E-state index in [-0.39, 0.29) is 11.7 Å². The molecule has 1 atom stereocenters. The fourth-order valence-electron chi connectivity index (χ4n) is 5.27. The molecule has 0 spiro atoms. The molecule has 6 rings (SSSR count). The lowest BCUT2D eigenvalue weighted by Crippen LogP contribution is -2.44. The maximum absolute atomic E-state index is 14.3. The van der Waals surface area contributed by atoms with E-state index >= 15 is 0 Å². The molecule has 1 fully saturated rings. The van der Waals surface area contributed by atoms with Crippen molar-refractivity contribution in [2.24, 2.45) is 0 Å². The van der Waals surface area contributed by atoms with Gasteiger partial charge in [0, 0.05) is 60.7 Å². The number of H-pyrrole nitrogens is 1. The zero-order valence-electron chi connectivity index (χ0n) is 19.5. The summed E-state index contributed by atoms with van der Waals surface area (Å²) < 4.78 is 14.3. The number of piperazine rings is 1. The summed E-state index contributed by atoms with van der Waals surface area (Å²) in [6.45, 7) is 4.19. The van der Waals surface area contributed by atoms with Gasteiger partial charge in [0.1, 0.15) is 17.6 Å². The van der Waals surface area contributed by atoms with Crippen LogP contribution in [0.25, 0.3) is 10.9 Å². The van der Waals surface area contributed by atoms with Crippen molar-refractivity contribution in [2.75, 3.05) is 38.1 Å². The molecule has 4 aromatic rings. The quantitative estimate of drug-likeness (QED) is 0.461. The Kier molecular flexibility index (Phi) is 5.22. The lowest BCUT2D eigenvalue weighted by atomic mass is 10.0. The third-order valence-electron chi connectivity index (χ3n) is 7.24. The van der Waals surface area contributed by atoms with Crippen LogP contribution in [0.4, 0.5) is 10.1 Å². The Labute approximate surface area is 203 Å². The van der Waals surface area contributed by atoms with Crippen LogP contribution < -0.4 is 4.90 Å². The summed E-state index contributed by atoms with van der Waals surface area (Å²) in [7, 11) is 2.12. The SMILES string of the molecule is CN1CCN(c2ccc3c(c2)C(=O)N(C(c2cc4ccccc4[nH]2)c2cc(F)ccc2O)C3)CC1. The fraction of sp³-hybridized carbons (Fsp3) is 0.250. The van der Waals surface area contributed by atoms with Crippen molar-refractivity contribution in [2.45, 2.75) is 12.6 Å². The number of aromatic amines is 1. The Morgan fingerprint density at radius 3 is 2.57 bits per heavy atom. The molecule has 0 aliphatic carbocycles. The molecule has 178 valence electrons. The topological polar surface area (TPSA) is 62.8 Å². The fourth-order valence-corrected chi connectivity index (χ4v) is 5.27. The number of phenolic OH excluding ortho intramolecular Hbond substituents is 1. The number of carbonyl (C=O) groups excluding carboxylic acids is 1. The molecule has 2 aliphatic heterocycles. The van der Waals surface area contributed by atoms with Gasteiger partial charge in [0.15, 0.2) is 0 Å². The van der Waals surface area contributed by atoms with Gasteiger partial charge in [-0.25, -0.2) is 4.39 Å². The highest BCUT2D eigenvalue weighted by atomic mass is 19.1. The number of likely N-dealkylation sites (N-methyl/N-ethyl adjacent to an activating group) is 1. The average Bonchev–Trinajstić information content (AvgIpc) is 3.43. The largest absolute Gasteiger partial charge is 0.508 e. The minimum atomic E-state index is -0.662. The lowest BCUT2D eigenvalue weighted by molar-refractivity contribution is 0.0726. The molecule has 3 aromatic carbocycles. The average molecular weight is 471 g/mol. The predicted molar refractivity (Wildman–Crippen MR) is 134 cm³/mol. The summed E-state index contributed by atoms with van der Waals surface area (Å²) in [4.78, 5) is 23.5. The number of aromatic nitrogens is 1. The van der Waals surface area contributed by atoms with Crippen molar-refractivity contribution in [3.63, 3.8) is 0 Å². The zero-order chi connectivity index (χ0) is 24.1. The van der Waals surface area contributed by atoms with Gasteiger partial charge in [0.25, 0.3) is 5.91 Å².